The first-order valence-electron chi connectivity index (χ1n) is 6.35. The largest absolute Gasteiger partial charge is 0.497 e. The second-order valence-electron chi connectivity index (χ2n) is 4.52. The predicted octanol–water partition coefficient (Wildman–Crippen LogP) is 2.93. The first kappa shape index (κ1) is 12.4. The number of rotatable bonds is 4. The van der Waals surface area contributed by atoms with Crippen molar-refractivity contribution in [2.45, 2.75) is 6.54 Å². The van der Waals surface area contributed by atoms with Crippen LogP contribution in [0.1, 0.15) is 10.4 Å². The van der Waals surface area contributed by atoms with E-state index in [4.69, 9.17) is 4.74 Å². The van der Waals surface area contributed by atoms with Gasteiger partial charge in [-0.3, -0.25) is 4.79 Å². The number of methoxy groups -OCH3 is 1. The summed E-state index contributed by atoms with van der Waals surface area (Å²) in [5, 5.41) is 1.03. The Kier molecular flexibility index (Phi) is 3.21. The number of hydrogen-bond donors (Lipinski definition) is 0. The van der Waals surface area contributed by atoms with E-state index in [1.165, 1.54) is 0 Å². The molecule has 0 fully saturated rings. The van der Waals surface area contributed by atoms with Crippen LogP contribution in [0.3, 0.4) is 0 Å². The van der Waals surface area contributed by atoms with Crippen LogP contribution in [-0.2, 0) is 6.54 Å². The van der Waals surface area contributed by atoms with Crippen LogP contribution in [0.15, 0.2) is 54.9 Å². The number of ketones is 1. The van der Waals surface area contributed by atoms with E-state index in [1.807, 2.05) is 41.1 Å². The second-order valence-corrected chi connectivity index (χ2v) is 4.52. The molecule has 2 aromatic heterocycles. The Morgan fingerprint density at radius 1 is 1.25 bits per heavy atom. The van der Waals surface area contributed by atoms with E-state index in [-0.39, 0.29) is 12.3 Å². The summed E-state index contributed by atoms with van der Waals surface area (Å²) < 4.78 is 7.00. The molecule has 0 radical (unpaired) electrons. The molecule has 0 aliphatic rings. The first-order chi connectivity index (χ1) is 9.78. The summed E-state index contributed by atoms with van der Waals surface area (Å²) in [6.07, 6.45) is 3.62. The zero-order valence-electron chi connectivity index (χ0n) is 11.1. The maximum atomic E-state index is 12.3. The molecule has 0 N–H and O–H groups in total. The van der Waals surface area contributed by atoms with Gasteiger partial charge in [-0.2, -0.15) is 0 Å². The highest BCUT2D eigenvalue weighted by atomic mass is 16.5. The van der Waals surface area contributed by atoms with Crippen LogP contribution in [-0.4, -0.2) is 22.4 Å². The van der Waals surface area contributed by atoms with Crippen molar-refractivity contribution in [2.24, 2.45) is 0 Å². The molecule has 3 aromatic rings. The molecule has 0 atom stereocenters. The number of nitrogens with zero attached hydrogens (tertiary/aromatic N) is 2. The number of benzene rings is 1. The van der Waals surface area contributed by atoms with Crippen molar-refractivity contribution in [3.63, 3.8) is 0 Å². The van der Waals surface area contributed by atoms with E-state index in [9.17, 15) is 4.79 Å². The molecule has 0 amide bonds. The van der Waals surface area contributed by atoms with Crippen LogP contribution in [0.2, 0.25) is 0 Å². The van der Waals surface area contributed by atoms with Crippen molar-refractivity contribution >= 4 is 16.8 Å². The topological polar surface area (TPSA) is 44.1 Å². The van der Waals surface area contributed by atoms with Gasteiger partial charge in [-0.25, -0.2) is 4.98 Å². The highest BCUT2D eigenvalue weighted by Gasteiger charge is 2.10. The quantitative estimate of drug-likeness (QED) is 0.682. The van der Waals surface area contributed by atoms with E-state index in [2.05, 4.69) is 4.98 Å². The lowest BCUT2D eigenvalue weighted by atomic mass is 10.1. The molecule has 4 nitrogen and oxygen atoms in total. The molecule has 0 saturated carbocycles. The van der Waals surface area contributed by atoms with Gasteiger partial charge in [0, 0.05) is 23.3 Å². The Balaban J connectivity index is 1.88. The Hall–Kier alpha value is -2.62. The summed E-state index contributed by atoms with van der Waals surface area (Å²) in [4.78, 5) is 16.6. The van der Waals surface area contributed by atoms with Gasteiger partial charge in [0.1, 0.15) is 11.4 Å². The van der Waals surface area contributed by atoms with Gasteiger partial charge < -0.3 is 9.30 Å². The Labute approximate surface area is 116 Å². The van der Waals surface area contributed by atoms with Crippen molar-refractivity contribution in [3.05, 3.63) is 60.4 Å². The fourth-order valence-corrected chi connectivity index (χ4v) is 2.19. The van der Waals surface area contributed by atoms with Crippen molar-refractivity contribution in [3.8, 4) is 5.75 Å². The van der Waals surface area contributed by atoms with Gasteiger partial charge in [-0.1, -0.05) is 12.1 Å². The average molecular weight is 266 g/mol. The maximum absolute atomic E-state index is 12.3. The SMILES string of the molecule is COc1cccc(C(=O)Cn2ccc3cccnc32)c1. The van der Waals surface area contributed by atoms with Crippen molar-refractivity contribution in [2.75, 3.05) is 7.11 Å². The van der Waals surface area contributed by atoms with Gasteiger partial charge in [0.05, 0.1) is 13.7 Å². The van der Waals surface area contributed by atoms with Crippen LogP contribution in [0, 0.1) is 0 Å². The number of pyridine rings is 1. The predicted molar refractivity (Wildman–Crippen MR) is 77.1 cm³/mol. The van der Waals surface area contributed by atoms with Crippen molar-refractivity contribution in [1.29, 1.82) is 0 Å². The van der Waals surface area contributed by atoms with Crippen LogP contribution < -0.4 is 4.74 Å². The molecular formula is C16H14N2O2. The lowest BCUT2D eigenvalue weighted by Crippen LogP contribution is -2.10. The lowest BCUT2D eigenvalue weighted by molar-refractivity contribution is 0.0973. The highest BCUT2D eigenvalue weighted by Crippen LogP contribution is 2.16. The number of Topliss-reactive ketones (excluding diaryl/α,β-unsaturated/α-hetero) is 1. The minimum atomic E-state index is 0.0343. The smallest absolute Gasteiger partial charge is 0.182 e. The van der Waals surface area contributed by atoms with Crippen LogP contribution >= 0.6 is 0 Å². The molecule has 100 valence electrons. The summed E-state index contributed by atoms with van der Waals surface area (Å²) in [5.74, 6) is 0.721. The van der Waals surface area contributed by atoms with Gasteiger partial charge in [0.2, 0.25) is 0 Å². The van der Waals surface area contributed by atoms with Gasteiger partial charge in [0.25, 0.3) is 0 Å². The van der Waals surface area contributed by atoms with Crippen LogP contribution in [0.4, 0.5) is 0 Å². The molecular weight excluding hydrogens is 252 g/mol. The molecule has 0 aliphatic heterocycles. The van der Waals surface area contributed by atoms with Gasteiger partial charge in [0.15, 0.2) is 5.78 Å². The molecule has 3 rings (SSSR count). The standard InChI is InChI=1S/C16H14N2O2/c1-20-14-6-2-4-13(10-14)15(19)11-18-9-7-12-5-3-8-17-16(12)18/h2-10H,11H2,1H3. The minimum Gasteiger partial charge on any atom is -0.497 e. The van der Waals surface area contributed by atoms with Gasteiger partial charge in [-0.05, 0) is 30.3 Å². The Bertz CT molecular complexity index is 762. The Morgan fingerprint density at radius 3 is 3.00 bits per heavy atom. The zero-order chi connectivity index (χ0) is 13.9. The number of ether oxygens (including phenoxy) is 1. The monoisotopic (exact) mass is 266 g/mol. The number of aromatic nitrogens is 2. The number of fused-ring (bicyclic) bond motifs is 1. The van der Waals surface area contributed by atoms with Crippen LogP contribution in [0.5, 0.6) is 5.75 Å². The second kappa shape index (κ2) is 5.17. The van der Waals surface area contributed by atoms with E-state index in [0.717, 1.165) is 11.0 Å². The molecule has 1 aromatic carbocycles. The molecule has 0 saturated heterocycles. The third-order valence-corrected chi connectivity index (χ3v) is 3.23. The third-order valence-electron chi connectivity index (χ3n) is 3.23. The summed E-state index contributed by atoms with van der Waals surface area (Å²) in [7, 11) is 1.59. The molecule has 0 aliphatic carbocycles. The zero-order valence-corrected chi connectivity index (χ0v) is 11.1. The van der Waals surface area contributed by atoms with E-state index in [0.29, 0.717) is 11.3 Å². The number of hydrogen-bond acceptors (Lipinski definition) is 3. The van der Waals surface area contributed by atoms with Crippen molar-refractivity contribution in [1.82, 2.24) is 9.55 Å². The summed E-state index contributed by atoms with van der Waals surface area (Å²) in [6, 6.07) is 13.0. The third kappa shape index (κ3) is 2.28. The molecule has 2 heterocycles. The van der Waals surface area contributed by atoms with Gasteiger partial charge in [-0.15, -0.1) is 0 Å². The Morgan fingerprint density at radius 2 is 2.15 bits per heavy atom. The molecule has 0 bridgehead atoms. The molecule has 20 heavy (non-hydrogen) atoms. The number of carbonyl (C=O) groups excluding carboxylic acids is 1. The molecule has 0 spiro atoms. The molecule has 0 unspecified atom stereocenters. The van der Waals surface area contributed by atoms with E-state index in [1.54, 1.807) is 25.4 Å². The summed E-state index contributed by atoms with van der Waals surface area (Å²) >= 11 is 0. The van der Waals surface area contributed by atoms with Crippen LogP contribution in [0.25, 0.3) is 11.0 Å². The normalized spacial score (nSPS) is 10.7. The fraction of sp³-hybridized carbons (Fsp3) is 0.125. The molecule has 4 heteroatoms. The summed E-state index contributed by atoms with van der Waals surface area (Å²) in [5.41, 5.74) is 1.46. The fourth-order valence-electron chi connectivity index (χ4n) is 2.19. The van der Waals surface area contributed by atoms with Crippen molar-refractivity contribution < 1.29 is 9.53 Å². The lowest BCUT2D eigenvalue weighted by Gasteiger charge is -2.06. The first-order valence-corrected chi connectivity index (χ1v) is 6.35. The van der Waals surface area contributed by atoms with E-state index < -0.39 is 0 Å². The minimum absolute atomic E-state index is 0.0343. The highest BCUT2D eigenvalue weighted by molar-refractivity contribution is 5.97. The summed E-state index contributed by atoms with van der Waals surface area (Å²) in [6.45, 7) is 0.272. The maximum Gasteiger partial charge on any atom is 0.182 e. The van der Waals surface area contributed by atoms with Gasteiger partial charge >= 0.3 is 0 Å². The van der Waals surface area contributed by atoms with E-state index >= 15 is 0 Å². The number of carbonyl (C=O) groups is 1. The average Bonchev–Trinajstić information content (AvgIpc) is 2.90.